The molecular weight excluding hydrogens is 703 g/mol. The zero-order valence-electron chi connectivity index (χ0n) is 32.9. The summed E-state index contributed by atoms with van der Waals surface area (Å²) in [7, 11) is -2.21. The summed E-state index contributed by atoms with van der Waals surface area (Å²) in [5.41, 5.74) is 0.894. The third-order valence-electron chi connectivity index (χ3n) is 10.2. The first-order valence-corrected chi connectivity index (χ1v) is 22.3. The van der Waals surface area contributed by atoms with E-state index in [1.54, 1.807) is 6.92 Å². The van der Waals surface area contributed by atoms with Gasteiger partial charge in [-0.15, -0.1) is 0 Å². The van der Waals surface area contributed by atoms with E-state index in [1.165, 1.54) is 0 Å². The number of carbonyl (C=O) groups is 5. The number of carbonyl (C=O) groups excluding carboxylic acids is 5. The smallest absolute Gasteiger partial charge is 0.243 e. The van der Waals surface area contributed by atoms with Crippen LogP contribution in [0.5, 0.6) is 0 Å². The first-order chi connectivity index (χ1) is 25.5. The predicted molar refractivity (Wildman–Crippen MR) is 211 cm³/mol. The number of hydrogen-bond donors (Lipinski definition) is 5. The van der Waals surface area contributed by atoms with Crippen molar-refractivity contribution in [2.45, 2.75) is 115 Å². The molecule has 0 saturated carbocycles. The van der Waals surface area contributed by atoms with Crippen LogP contribution in [-0.2, 0) is 41.6 Å². The van der Waals surface area contributed by atoms with Gasteiger partial charge in [-0.2, -0.15) is 0 Å². The predicted octanol–water partition coefficient (Wildman–Crippen LogP) is 3.13. The van der Waals surface area contributed by atoms with Crippen LogP contribution in [0.25, 0.3) is 0 Å². The normalized spacial score (nSPS) is 20.3. The third kappa shape index (κ3) is 13.7. The molecule has 0 bridgehead atoms. The Kier molecular flexibility index (Phi) is 15.5. The van der Waals surface area contributed by atoms with Crippen LogP contribution in [-0.4, -0.2) is 103 Å². The average Bonchev–Trinajstić information content (AvgIpc) is 3.88. The Bertz CT molecular complexity index is 1560. The van der Waals surface area contributed by atoms with Crippen molar-refractivity contribution in [1.82, 2.24) is 26.2 Å². The average molecular weight is 764 g/mol. The molecule has 0 aromatic heterocycles. The molecule has 2 heterocycles. The summed E-state index contributed by atoms with van der Waals surface area (Å²) in [4.78, 5) is 81.3. The number of nitrogens with one attached hydrogen (secondary N) is 4. The van der Waals surface area contributed by atoms with E-state index >= 15 is 0 Å². The van der Waals surface area contributed by atoms with Crippen molar-refractivity contribution in [1.29, 1.82) is 0 Å². The molecule has 2 aromatic rings. The van der Waals surface area contributed by atoms with Crippen molar-refractivity contribution in [3.8, 4) is 0 Å². The maximum absolute atomic E-state index is 14.1. The molecular formula is C41H61N5O7Si. The van der Waals surface area contributed by atoms with Crippen molar-refractivity contribution in [2.75, 3.05) is 26.2 Å². The lowest BCUT2D eigenvalue weighted by Gasteiger charge is -2.34. The highest BCUT2D eigenvalue weighted by atomic mass is 28.4. The van der Waals surface area contributed by atoms with Gasteiger partial charge in [0, 0.05) is 6.42 Å². The molecule has 2 fully saturated rings. The van der Waals surface area contributed by atoms with E-state index in [1.807, 2.05) is 99.8 Å². The monoisotopic (exact) mass is 763 g/mol. The number of ether oxygens (including phenoxy) is 1. The fourth-order valence-corrected chi connectivity index (χ4v) is 8.61. The summed E-state index contributed by atoms with van der Waals surface area (Å²) in [6.07, 6.45) is 1.71. The van der Waals surface area contributed by atoms with Crippen LogP contribution in [0.2, 0.25) is 18.6 Å². The van der Waals surface area contributed by atoms with E-state index in [0.717, 1.165) is 11.1 Å². The van der Waals surface area contributed by atoms with Crippen LogP contribution in [0, 0.1) is 11.8 Å². The largest absolute Gasteiger partial charge is 0.432 e. The van der Waals surface area contributed by atoms with Crippen molar-refractivity contribution in [2.24, 2.45) is 11.8 Å². The van der Waals surface area contributed by atoms with Crippen LogP contribution < -0.4 is 21.3 Å². The van der Waals surface area contributed by atoms with Gasteiger partial charge in [0.25, 0.3) is 0 Å². The van der Waals surface area contributed by atoms with Gasteiger partial charge in [0.1, 0.15) is 23.7 Å². The first kappa shape index (κ1) is 42.8. The highest BCUT2D eigenvalue weighted by Gasteiger charge is 2.50. The third-order valence-corrected chi connectivity index (χ3v) is 12.8. The summed E-state index contributed by atoms with van der Waals surface area (Å²) >= 11 is 0. The number of nitrogens with zero attached hydrogens (tertiary/aromatic N) is 1. The van der Waals surface area contributed by atoms with Gasteiger partial charge in [0.15, 0.2) is 14.1 Å². The molecule has 2 saturated heterocycles. The quantitative estimate of drug-likeness (QED) is 0.101. The standard InChI is InChI=1S/C41H61N5O7Si/c1-28(2)23-33(37(48)41(5)27-53-41)43-40(51)35(25-31-15-11-8-12-16-31)45-39(50)34(24-29(3)4)44-38(49)32(18-17-30-13-9-7-10-14-30)42-36(47)26-46-19-21-54(6,52)22-20-46/h7-16,28-29,32-35,52H,17-27H2,1-6H3,(H,42,47)(H,43,51)(H,44,49)(H,45,50)/t32-,33-,34?,35-,41+/m0/s1. The summed E-state index contributed by atoms with van der Waals surface area (Å²) < 4.78 is 5.41. The number of Topliss-reactive ketones (excluding diaryl/α,β-unsaturated/α-hetero) is 1. The van der Waals surface area contributed by atoms with Crippen LogP contribution in [0.3, 0.4) is 0 Å². The number of epoxide rings is 1. The second kappa shape index (κ2) is 19.6. The number of amides is 4. The van der Waals surface area contributed by atoms with Crippen LogP contribution in [0.4, 0.5) is 0 Å². The minimum Gasteiger partial charge on any atom is -0.432 e. The molecule has 296 valence electrons. The molecule has 2 aliphatic rings. The number of benzene rings is 2. The fourth-order valence-electron chi connectivity index (χ4n) is 6.76. The molecule has 5 N–H and O–H groups in total. The SMILES string of the molecule is CC(C)CC(NC(=O)[C@H](CCc1ccccc1)NC(=O)CN1CC[Si](C)(O)CC1)C(=O)N[C@@H](Cc1ccccc1)C(=O)N[C@@H](CC(C)C)C(=O)[C@@]1(C)CO1. The lowest BCUT2D eigenvalue weighted by atomic mass is 9.93. The summed E-state index contributed by atoms with van der Waals surface area (Å²) in [5.74, 6) is -1.90. The topological polar surface area (TPSA) is 169 Å². The van der Waals surface area contributed by atoms with Crippen LogP contribution in [0.15, 0.2) is 60.7 Å². The zero-order chi connectivity index (χ0) is 39.5. The van der Waals surface area contributed by atoms with Crippen molar-refractivity contribution in [3.63, 3.8) is 0 Å². The number of hydrogen-bond acceptors (Lipinski definition) is 8. The molecule has 4 amide bonds. The lowest BCUT2D eigenvalue weighted by Crippen LogP contribution is -2.59. The Morgan fingerprint density at radius 1 is 0.741 bits per heavy atom. The zero-order valence-corrected chi connectivity index (χ0v) is 33.9. The second-order valence-corrected chi connectivity index (χ2v) is 20.4. The number of ketones is 1. The maximum Gasteiger partial charge on any atom is 0.243 e. The van der Waals surface area contributed by atoms with Gasteiger partial charge in [0.05, 0.1) is 19.2 Å². The maximum atomic E-state index is 14.1. The Morgan fingerprint density at radius 2 is 1.22 bits per heavy atom. The molecule has 0 radical (unpaired) electrons. The summed E-state index contributed by atoms with van der Waals surface area (Å²) in [5, 5.41) is 11.7. The minimum absolute atomic E-state index is 0.00648. The highest BCUT2D eigenvalue weighted by molar-refractivity contribution is 6.71. The van der Waals surface area contributed by atoms with Crippen molar-refractivity contribution >= 4 is 37.7 Å². The fraction of sp³-hybridized carbons (Fsp3) is 0.585. The van der Waals surface area contributed by atoms with Crippen molar-refractivity contribution in [3.05, 3.63) is 71.8 Å². The molecule has 2 aromatic carbocycles. The second-order valence-electron chi connectivity index (χ2n) is 16.4. The number of aryl methyl sites for hydroxylation is 1. The van der Waals surface area contributed by atoms with Crippen LogP contribution in [0.1, 0.15) is 65.0 Å². The van der Waals surface area contributed by atoms with E-state index in [2.05, 4.69) is 21.3 Å². The van der Waals surface area contributed by atoms with Gasteiger partial charge in [-0.1, -0.05) is 88.4 Å². The van der Waals surface area contributed by atoms with E-state index in [4.69, 9.17) is 4.74 Å². The van der Waals surface area contributed by atoms with Gasteiger partial charge < -0.3 is 30.8 Å². The molecule has 5 atom stereocenters. The Hall–Kier alpha value is -3.91. The lowest BCUT2D eigenvalue weighted by molar-refractivity contribution is -0.135. The molecule has 4 rings (SSSR count). The minimum atomic E-state index is -2.21. The van der Waals surface area contributed by atoms with E-state index in [0.29, 0.717) is 57.5 Å². The number of rotatable bonds is 20. The Balaban J connectivity index is 1.51. The summed E-state index contributed by atoms with van der Waals surface area (Å²) in [6, 6.07) is 16.6. The van der Waals surface area contributed by atoms with Gasteiger partial charge in [0.2, 0.25) is 23.6 Å². The molecule has 54 heavy (non-hydrogen) atoms. The summed E-state index contributed by atoms with van der Waals surface area (Å²) in [6.45, 7) is 13.1. The van der Waals surface area contributed by atoms with Gasteiger partial charge >= 0.3 is 0 Å². The molecule has 2 aliphatic heterocycles. The van der Waals surface area contributed by atoms with E-state index < -0.39 is 55.8 Å². The molecule has 1 unspecified atom stereocenters. The van der Waals surface area contributed by atoms with Gasteiger partial charge in [-0.3, -0.25) is 28.9 Å². The Labute approximate surface area is 321 Å². The van der Waals surface area contributed by atoms with E-state index in [-0.39, 0.29) is 36.5 Å². The highest BCUT2D eigenvalue weighted by Crippen LogP contribution is 2.30. The van der Waals surface area contributed by atoms with Gasteiger partial charge in [-0.25, -0.2) is 0 Å². The van der Waals surface area contributed by atoms with Crippen molar-refractivity contribution < 1.29 is 33.5 Å². The Morgan fingerprint density at radius 3 is 1.78 bits per heavy atom. The molecule has 0 spiro atoms. The van der Waals surface area contributed by atoms with Gasteiger partial charge in [-0.05, 0) is 87.3 Å². The molecule has 12 nitrogen and oxygen atoms in total. The van der Waals surface area contributed by atoms with E-state index in [9.17, 15) is 28.8 Å². The van der Waals surface area contributed by atoms with Crippen LogP contribution >= 0.6 is 0 Å². The molecule has 13 heteroatoms. The molecule has 0 aliphatic carbocycles. The first-order valence-electron chi connectivity index (χ1n) is 19.4.